The van der Waals surface area contributed by atoms with Crippen molar-refractivity contribution >= 4 is 17.9 Å². The minimum absolute atomic E-state index is 0.101. The van der Waals surface area contributed by atoms with Gasteiger partial charge in [0.2, 0.25) is 5.91 Å². The Morgan fingerprint density at radius 2 is 2.06 bits per heavy atom. The van der Waals surface area contributed by atoms with Crippen LogP contribution < -0.4 is 10.6 Å². The summed E-state index contributed by atoms with van der Waals surface area (Å²) in [6, 6.07) is 13.7. The number of nitriles is 1. The van der Waals surface area contributed by atoms with Crippen LogP contribution in [0.5, 0.6) is 5.75 Å². The number of carbonyl (C=O) groups is 1. The van der Waals surface area contributed by atoms with E-state index in [0.29, 0.717) is 43.1 Å². The molecule has 2 aliphatic rings. The number of fused-ring (bicyclic) bond motifs is 1. The number of benzene rings is 2. The highest BCUT2D eigenvalue weighted by Gasteiger charge is 2.36. The van der Waals surface area contributed by atoms with Gasteiger partial charge in [-0.1, -0.05) is 23.4 Å². The third-order valence-electron chi connectivity index (χ3n) is 6.61. The largest absolute Gasteiger partial charge is 0.495 e. The lowest BCUT2D eigenvalue weighted by Gasteiger charge is -2.46. The lowest BCUT2D eigenvalue weighted by Crippen LogP contribution is -2.59. The summed E-state index contributed by atoms with van der Waals surface area (Å²) in [5, 5.41) is 16.2. The number of morpholine rings is 1. The number of ether oxygens (including phenoxy) is 2. The summed E-state index contributed by atoms with van der Waals surface area (Å²) in [5.41, 5.74) is 4.10. The van der Waals surface area contributed by atoms with Crippen molar-refractivity contribution in [2.75, 3.05) is 39.9 Å². The molecule has 10 heteroatoms. The first kappa shape index (κ1) is 24.3. The van der Waals surface area contributed by atoms with Gasteiger partial charge in [0.1, 0.15) is 18.2 Å². The Hall–Kier alpha value is -3.81. The molecule has 0 saturated carbocycles. The second-order valence-electron chi connectivity index (χ2n) is 8.60. The molecule has 10 nitrogen and oxygen atoms in total. The number of aliphatic imine (C=N–C) groups is 1. The van der Waals surface area contributed by atoms with Crippen LogP contribution in [0.25, 0.3) is 0 Å². The molecule has 2 atom stereocenters. The number of nitrogens with zero attached hydrogens (tertiary/aromatic N) is 6. The summed E-state index contributed by atoms with van der Waals surface area (Å²) in [4.78, 5) is 21.4. The molecule has 2 N–H and O–H groups in total. The summed E-state index contributed by atoms with van der Waals surface area (Å²) in [7, 11) is 1.57. The van der Waals surface area contributed by atoms with Crippen LogP contribution in [0.1, 0.15) is 28.4 Å². The Kier molecular flexibility index (Phi) is 7.70. The third kappa shape index (κ3) is 5.48. The lowest BCUT2D eigenvalue weighted by atomic mass is 9.96. The quantitative estimate of drug-likeness (QED) is 0.225. The topological polar surface area (TPSA) is 129 Å². The predicted molar refractivity (Wildman–Crippen MR) is 130 cm³/mol. The van der Waals surface area contributed by atoms with Crippen molar-refractivity contribution in [1.29, 1.82) is 5.26 Å². The van der Waals surface area contributed by atoms with Gasteiger partial charge < -0.3 is 20.2 Å². The Morgan fingerprint density at radius 3 is 2.77 bits per heavy atom. The second-order valence-corrected chi connectivity index (χ2v) is 8.60. The van der Waals surface area contributed by atoms with E-state index in [-0.39, 0.29) is 18.1 Å². The molecular formula is C25H29N7O3. The van der Waals surface area contributed by atoms with E-state index in [1.165, 1.54) is 6.34 Å². The standard InChI is InChI=1S/C25H29N7O3/c1-17-21(7-8-23(34-2)22(17)12-26)24-14-31-9-10-32(13-20(31)15-35-24)25(33)11-18-3-5-19(6-4-18)28-16-29-30-27/h3-8,16,20,24H,9-11,13-15H2,1-2H3,(H2,27,28,29)/t20-,24-/m0/s1. The van der Waals surface area contributed by atoms with Crippen LogP contribution in [0.4, 0.5) is 5.69 Å². The first-order valence-corrected chi connectivity index (χ1v) is 11.5. The summed E-state index contributed by atoms with van der Waals surface area (Å²) in [5.74, 6) is 5.62. The molecule has 2 aliphatic heterocycles. The molecular weight excluding hydrogens is 446 g/mol. The molecule has 0 aromatic heterocycles. The highest BCUT2D eigenvalue weighted by atomic mass is 16.5. The molecule has 2 aromatic carbocycles. The van der Waals surface area contributed by atoms with Crippen LogP contribution in [-0.2, 0) is 16.0 Å². The van der Waals surface area contributed by atoms with E-state index in [9.17, 15) is 10.1 Å². The molecule has 182 valence electrons. The highest BCUT2D eigenvalue weighted by molar-refractivity contribution is 5.79. The first-order valence-electron chi connectivity index (χ1n) is 11.5. The van der Waals surface area contributed by atoms with Crippen molar-refractivity contribution in [2.45, 2.75) is 25.5 Å². The average molecular weight is 476 g/mol. The molecule has 2 saturated heterocycles. The Labute approximate surface area is 204 Å². The minimum atomic E-state index is -0.112. The number of rotatable bonds is 6. The number of amides is 1. The van der Waals surface area contributed by atoms with Gasteiger partial charge >= 0.3 is 0 Å². The van der Waals surface area contributed by atoms with Gasteiger partial charge in [-0.15, -0.1) is 5.11 Å². The molecule has 2 aromatic rings. The van der Waals surface area contributed by atoms with E-state index in [1.807, 2.05) is 48.2 Å². The Morgan fingerprint density at radius 1 is 1.26 bits per heavy atom. The van der Waals surface area contributed by atoms with E-state index in [2.05, 4.69) is 26.3 Å². The maximum atomic E-state index is 13.0. The normalized spacial score (nSPS) is 20.7. The van der Waals surface area contributed by atoms with Crippen molar-refractivity contribution in [1.82, 2.24) is 9.80 Å². The number of carbonyl (C=O) groups excluding carboxylic acids is 1. The molecule has 4 rings (SSSR count). The first-order chi connectivity index (χ1) is 17.0. The van der Waals surface area contributed by atoms with Crippen LogP contribution in [0.15, 0.2) is 51.7 Å². The van der Waals surface area contributed by atoms with E-state index in [0.717, 1.165) is 29.8 Å². The van der Waals surface area contributed by atoms with Gasteiger partial charge in [0.25, 0.3) is 0 Å². The maximum Gasteiger partial charge on any atom is 0.227 e. The van der Waals surface area contributed by atoms with Gasteiger partial charge in [0.15, 0.2) is 0 Å². The van der Waals surface area contributed by atoms with E-state index in [1.54, 1.807) is 7.11 Å². The van der Waals surface area contributed by atoms with Gasteiger partial charge in [0.05, 0.1) is 43.5 Å². The van der Waals surface area contributed by atoms with Crippen LogP contribution in [0, 0.1) is 18.3 Å². The van der Waals surface area contributed by atoms with Gasteiger partial charge in [-0.25, -0.2) is 4.99 Å². The number of nitrogens with two attached hydrogens (primary N) is 1. The fourth-order valence-electron chi connectivity index (χ4n) is 4.67. The summed E-state index contributed by atoms with van der Waals surface area (Å²) in [6.45, 7) is 5.32. The molecule has 2 fully saturated rings. The highest BCUT2D eigenvalue weighted by Crippen LogP contribution is 2.33. The zero-order chi connectivity index (χ0) is 24.8. The zero-order valence-electron chi connectivity index (χ0n) is 19.9. The van der Waals surface area contributed by atoms with Crippen molar-refractivity contribution in [3.8, 4) is 11.8 Å². The van der Waals surface area contributed by atoms with Crippen LogP contribution in [0.2, 0.25) is 0 Å². The smallest absolute Gasteiger partial charge is 0.227 e. The monoisotopic (exact) mass is 475 g/mol. The molecule has 1 amide bonds. The van der Waals surface area contributed by atoms with Crippen molar-refractivity contribution in [3.05, 3.63) is 58.7 Å². The number of hydrogen-bond donors (Lipinski definition) is 1. The number of methoxy groups -OCH3 is 1. The molecule has 2 heterocycles. The van der Waals surface area contributed by atoms with E-state index >= 15 is 0 Å². The van der Waals surface area contributed by atoms with Gasteiger partial charge in [-0.05, 0) is 41.8 Å². The molecule has 0 bridgehead atoms. The molecule has 0 aliphatic carbocycles. The fraction of sp³-hybridized carbons (Fsp3) is 0.400. The van der Waals surface area contributed by atoms with E-state index in [4.69, 9.17) is 15.3 Å². The zero-order valence-corrected chi connectivity index (χ0v) is 19.9. The summed E-state index contributed by atoms with van der Waals surface area (Å²) in [6.07, 6.45) is 1.50. The minimum Gasteiger partial charge on any atom is -0.495 e. The molecule has 0 unspecified atom stereocenters. The maximum absolute atomic E-state index is 13.0. The molecule has 35 heavy (non-hydrogen) atoms. The number of hydrogen-bond acceptors (Lipinski definition) is 7. The lowest BCUT2D eigenvalue weighted by molar-refractivity contribution is -0.139. The second kappa shape index (κ2) is 11.1. The summed E-state index contributed by atoms with van der Waals surface area (Å²) < 4.78 is 11.5. The Balaban J connectivity index is 1.34. The molecule has 0 radical (unpaired) electrons. The Bertz CT molecular complexity index is 1160. The number of piperazine rings is 1. The van der Waals surface area contributed by atoms with Crippen LogP contribution >= 0.6 is 0 Å². The van der Waals surface area contributed by atoms with Crippen molar-refractivity contribution in [3.63, 3.8) is 0 Å². The van der Waals surface area contributed by atoms with Crippen molar-refractivity contribution < 1.29 is 14.3 Å². The van der Waals surface area contributed by atoms with Gasteiger partial charge in [-0.3, -0.25) is 9.69 Å². The fourth-order valence-corrected chi connectivity index (χ4v) is 4.67. The van der Waals surface area contributed by atoms with Gasteiger partial charge in [0, 0.05) is 26.2 Å². The summed E-state index contributed by atoms with van der Waals surface area (Å²) >= 11 is 0. The SMILES string of the molecule is COc1ccc([C@@H]2CN3CCN(C(=O)Cc4ccc(N=CN=NN)cc4)C[C@H]3CO2)c(C)c1C#N. The molecule has 0 spiro atoms. The van der Waals surface area contributed by atoms with Crippen LogP contribution in [0.3, 0.4) is 0 Å². The van der Waals surface area contributed by atoms with E-state index < -0.39 is 0 Å². The van der Waals surface area contributed by atoms with Crippen molar-refractivity contribution in [2.24, 2.45) is 21.2 Å². The average Bonchev–Trinajstić information content (AvgIpc) is 2.89. The van der Waals surface area contributed by atoms with Crippen LogP contribution in [-0.4, -0.2) is 68.0 Å². The predicted octanol–water partition coefficient (Wildman–Crippen LogP) is 2.69. The third-order valence-corrected chi connectivity index (χ3v) is 6.61. The van der Waals surface area contributed by atoms with Gasteiger partial charge in [-0.2, -0.15) is 5.26 Å².